The zero-order chi connectivity index (χ0) is 43.4. The Labute approximate surface area is 360 Å². The van der Waals surface area contributed by atoms with Gasteiger partial charge in [-0.1, -0.05) is 196 Å². The predicted molar refractivity (Wildman–Crippen MR) is 256 cm³/mol. The number of ketones is 2. The van der Waals surface area contributed by atoms with Gasteiger partial charge in [-0.05, 0) is 96.3 Å². The molecule has 57 heavy (non-hydrogen) atoms. The Balaban J connectivity index is -0.000000684. The third-order valence-corrected chi connectivity index (χ3v) is 11.1. The molecule has 1 heterocycles. The van der Waals surface area contributed by atoms with Crippen molar-refractivity contribution < 1.29 is 14.3 Å². The molecule has 0 atom stereocenters. The van der Waals surface area contributed by atoms with Crippen LogP contribution in [0.5, 0.6) is 0 Å². The van der Waals surface area contributed by atoms with Crippen LogP contribution in [0.4, 0.5) is 0 Å². The lowest BCUT2D eigenvalue weighted by Gasteiger charge is -2.20. The molecule has 3 rings (SSSR count). The quantitative estimate of drug-likeness (QED) is 0.0655. The van der Waals surface area contributed by atoms with Gasteiger partial charge in [-0.15, -0.1) is 0 Å². The van der Waals surface area contributed by atoms with E-state index in [2.05, 4.69) is 58.9 Å². The maximum Gasteiger partial charge on any atom is 0.159 e. The van der Waals surface area contributed by atoms with Crippen molar-refractivity contribution in [2.24, 2.45) is 11.3 Å². The zero-order valence-electron chi connectivity index (χ0n) is 41.0. The molecule has 2 aliphatic carbocycles. The monoisotopic (exact) mass is 802 g/mol. The first-order valence-electron chi connectivity index (χ1n) is 25.1. The summed E-state index contributed by atoms with van der Waals surface area (Å²) in [6.45, 7) is 30.5. The molecule has 2 radical (unpaired) electrons. The molecule has 338 valence electrons. The van der Waals surface area contributed by atoms with Crippen LogP contribution < -0.4 is 0 Å². The van der Waals surface area contributed by atoms with Gasteiger partial charge in [0.2, 0.25) is 0 Å². The van der Waals surface area contributed by atoms with Crippen LogP contribution in [0.3, 0.4) is 0 Å². The predicted octanol–water partition coefficient (Wildman–Crippen LogP) is 16.7. The lowest BCUT2D eigenvalue weighted by atomic mass is 9.83. The van der Waals surface area contributed by atoms with Gasteiger partial charge >= 0.3 is 0 Å². The van der Waals surface area contributed by atoms with Crippen molar-refractivity contribution in [3.05, 3.63) is 36.1 Å². The van der Waals surface area contributed by atoms with Gasteiger partial charge in [0.15, 0.2) is 5.78 Å². The van der Waals surface area contributed by atoms with E-state index in [0.717, 1.165) is 37.5 Å². The molecule has 0 N–H and O–H groups in total. The molecule has 0 saturated carbocycles. The Morgan fingerprint density at radius 3 is 1.63 bits per heavy atom. The van der Waals surface area contributed by atoms with E-state index in [1.165, 1.54) is 167 Å². The summed E-state index contributed by atoms with van der Waals surface area (Å²) in [5, 5.41) is 0. The van der Waals surface area contributed by atoms with E-state index < -0.39 is 0 Å². The van der Waals surface area contributed by atoms with E-state index in [9.17, 15) is 9.59 Å². The van der Waals surface area contributed by atoms with Crippen molar-refractivity contribution in [1.29, 1.82) is 0 Å². The molecule has 1 saturated heterocycles. The van der Waals surface area contributed by atoms with Crippen molar-refractivity contribution in [2.45, 2.75) is 250 Å². The topological polar surface area (TPSA) is 46.6 Å². The fourth-order valence-electron chi connectivity index (χ4n) is 6.79. The first-order valence-corrected chi connectivity index (χ1v) is 25.1. The van der Waals surface area contributed by atoms with Gasteiger partial charge in [0.25, 0.3) is 0 Å². The minimum absolute atomic E-state index is 0.102. The van der Waals surface area contributed by atoms with Crippen LogP contribution in [0.1, 0.15) is 250 Å². The fraction of sp³-hybridized carbons (Fsp3) is 0.849. The van der Waals surface area contributed by atoms with Crippen LogP contribution in [-0.4, -0.2) is 49.3 Å². The maximum absolute atomic E-state index is 11.4. The van der Waals surface area contributed by atoms with Gasteiger partial charge in [-0.25, -0.2) is 0 Å². The van der Waals surface area contributed by atoms with Gasteiger partial charge in [0.1, 0.15) is 5.78 Å². The summed E-state index contributed by atoms with van der Waals surface area (Å²) >= 11 is 0. The van der Waals surface area contributed by atoms with Crippen molar-refractivity contribution >= 4 is 11.6 Å². The highest BCUT2D eigenvalue weighted by molar-refractivity contribution is 6.02. The van der Waals surface area contributed by atoms with Crippen molar-refractivity contribution in [3.63, 3.8) is 0 Å². The molecule has 4 nitrogen and oxygen atoms in total. The average Bonchev–Trinajstić information content (AvgIpc) is 4.17. The van der Waals surface area contributed by atoms with Gasteiger partial charge in [0.05, 0.1) is 0 Å². The Bertz CT molecular complexity index is 895. The van der Waals surface area contributed by atoms with Crippen LogP contribution >= 0.6 is 0 Å². The molecule has 4 heteroatoms. The van der Waals surface area contributed by atoms with E-state index in [1.807, 2.05) is 47.1 Å². The Morgan fingerprint density at radius 1 is 0.649 bits per heavy atom. The van der Waals surface area contributed by atoms with Crippen LogP contribution in [0.2, 0.25) is 0 Å². The summed E-state index contributed by atoms with van der Waals surface area (Å²) in [7, 11) is 0. The summed E-state index contributed by atoms with van der Waals surface area (Å²) in [6.07, 6.45) is 42.8. The molecule has 0 aromatic rings. The summed E-state index contributed by atoms with van der Waals surface area (Å²) < 4.78 is 5.24. The molecule has 1 aliphatic heterocycles. The number of allylic oxidation sites excluding steroid dienone is 4. The molecule has 0 aromatic heterocycles. The third-order valence-electron chi connectivity index (χ3n) is 11.1. The lowest BCUT2D eigenvalue weighted by Crippen LogP contribution is -2.21. The zero-order valence-corrected chi connectivity index (χ0v) is 41.0. The number of rotatable bonds is 31. The second kappa shape index (κ2) is 45.8. The van der Waals surface area contributed by atoms with Gasteiger partial charge in [-0.2, -0.15) is 0 Å². The highest BCUT2D eigenvalue weighted by atomic mass is 16.5. The summed E-state index contributed by atoms with van der Waals surface area (Å²) in [5.41, 5.74) is 2.42. The van der Waals surface area contributed by atoms with Gasteiger partial charge in [0, 0.05) is 37.9 Å². The molecule has 1 fully saturated rings. The Hall–Kier alpha value is -1.26. The minimum Gasteiger partial charge on any atom is -0.382 e. The minimum atomic E-state index is -0.102. The number of carbonyl (C=O) groups is 2. The van der Waals surface area contributed by atoms with E-state index in [4.69, 9.17) is 4.74 Å². The third kappa shape index (κ3) is 44.1. The molecule has 0 aromatic carbocycles. The number of unbranched alkanes of at least 4 members (excludes halogenated alkanes) is 12. The average molecular weight is 802 g/mol. The molecular weight excluding hydrogens is 699 g/mol. The van der Waals surface area contributed by atoms with Crippen molar-refractivity contribution in [3.8, 4) is 0 Å². The number of ether oxygens (including phenoxy) is 1. The summed E-state index contributed by atoms with van der Waals surface area (Å²) in [4.78, 5) is 24.6. The van der Waals surface area contributed by atoms with Gasteiger partial charge < -0.3 is 9.64 Å². The number of likely N-dealkylation sites (tertiary alicyclic amines) is 1. The Morgan fingerprint density at radius 2 is 1.14 bits per heavy atom. The maximum atomic E-state index is 11.4. The van der Waals surface area contributed by atoms with Crippen LogP contribution in [0, 0.1) is 24.2 Å². The fourth-order valence-corrected chi connectivity index (χ4v) is 6.79. The number of hydrogen-bond donors (Lipinski definition) is 0. The first kappa shape index (κ1) is 60.0. The highest BCUT2D eigenvalue weighted by Gasteiger charge is 2.22. The lowest BCUT2D eigenvalue weighted by molar-refractivity contribution is -0.125. The normalized spacial score (nSPS) is 13.8. The number of hydrogen-bond acceptors (Lipinski definition) is 4. The first-order chi connectivity index (χ1) is 27.6. The molecule has 0 amide bonds. The van der Waals surface area contributed by atoms with E-state index in [1.54, 1.807) is 12.5 Å². The van der Waals surface area contributed by atoms with E-state index in [0.29, 0.717) is 18.0 Å². The SMILES string of the molecule is CC.CC.CC(=O)C(C)(C)CCCCCCN1CCCC1.CCCC(=O)C1=C[CH]1.CCCCCC(CCCCC)CCCC1=C[CH]1.CCCCCCCCOCC. The molecule has 0 bridgehead atoms. The van der Waals surface area contributed by atoms with Crippen molar-refractivity contribution in [1.82, 2.24) is 4.90 Å². The second-order valence-corrected chi connectivity index (χ2v) is 16.7. The summed E-state index contributed by atoms with van der Waals surface area (Å²) in [6, 6.07) is 0. The summed E-state index contributed by atoms with van der Waals surface area (Å²) in [5.74, 6) is 1.65. The van der Waals surface area contributed by atoms with E-state index in [-0.39, 0.29) is 5.41 Å². The molecule has 0 unspecified atom stereocenters. The largest absolute Gasteiger partial charge is 0.382 e. The van der Waals surface area contributed by atoms with Crippen molar-refractivity contribution in [2.75, 3.05) is 32.8 Å². The standard InChI is InChI=1S/C17H31.C15H29NO.C10H22O.C7H9O.2C2H6/c1-3-5-7-10-16(11-8-6-4-2)12-9-13-17-14-15-17;1-14(17)15(2,3)10-6-4-5-7-11-16-12-8-9-13-16;1-3-5-6-7-8-9-10-11-4-2;1-2-3-7(8)6-4-5-6;2*1-2/h14-16H,3-13H2,1-2H3;4-13H2,1-3H3;3-10H2,1-2H3;4-5H,2-3H2,1H3;2*1-2H3. The molecule has 3 aliphatic rings. The smallest absolute Gasteiger partial charge is 0.159 e. The van der Waals surface area contributed by atoms with Crippen LogP contribution in [0.25, 0.3) is 0 Å². The number of carbonyl (C=O) groups excluding carboxylic acids is 2. The molecule has 0 spiro atoms. The number of nitrogens with zero attached hydrogens (tertiary/aromatic N) is 1. The van der Waals surface area contributed by atoms with Crippen LogP contribution in [0.15, 0.2) is 23.3 Å². The highest BCUT2D eigenvalue weighted by Crippen LogP contribution is 2.28. The Kier molecular flexibility index (Phi) is 48.3. The van der Waals surface area contributed by atoms with E-state index >= 15 is 0 Å². The molecular formula is C53H103NO3. The number of Topliss-reactive ketones (excluding diaryl/α,β-unsaturated/α-hetero) is 2. The second-order valence-electron chi connectivity index (χ2n) is 16.7. The van der Waals surface area contributed by atoms with Gasteiger partial charge in [-0.3, -0.25) is 9.59 Å². The van der Waals surface area contributed by atoms with Crippen LogP contribution in [-0.2, 0) is 14.3 Å².